The molecular weight excluding hydrogens is 192 g/mol. The zero-order chi connectivity index (χ0) is 10.8. The number of β-amino-alcohol motifs (C(OH)–C–C–N with tert-alkyl or cyclic N) is 1. The lowest BCUT2D eigenvalue weighted by atomic mass is 9.98. The molecule has 3 N–H and O–H groups in total. The van der Waals surface area contributed by atoms with Crippen LogP contribution in [0.15, 0.2) is 18.2 Å². The van der Waals surface area contributed by atoms with Crippen molar-refractivity contribution in [3.8, 4) is 0 Å². The Bertz CT molecular complexity index is 390. The first-order valence-electron chi connectivity index (χ1n) is 4.96. The maximum absolute atomic E-state index is 11.6. The van der Waals surface area contributed by atoms with Gasteiger partial charge in [-0.1, -0.05) is 6.07 Å². The lowest BCUT2D eigenvalue weighted by molar-refractivity contribution is -0.132. The maximum atomic E-state index is 11.6. The Morgan fingerprint density at radius 1 is 1.40 bits per heavy atom. The molecular formula is C11H14N2O2. The molecule has 0 spiro atoms. The van der Waals surface area contributed by atoms with Crippen LogP contribution in [0.4, 0.5) is 5.69 Å². The third kappa shape index (κ3) is 1.94. The van der Waals surface area contributed by atoms with Crippen LogP contribution in [-0.2, 0) is 17.8 Å². The third-order valence-electron chi connectivity index (χ3n) is 2.66. The van der Waals surface area contributed by atoms with Gasteiger partial charge in [0.15, 0.2) is 0 Å². The molecule has 80 valence electrons. The summed E-state index contributed by atoms with van der Waals surface area (Å²) in [7, 11) is 0. The van der Waals surface area contributed by atoms with E-state index >= 15 is 0 Å². The van der Waals surface area contributed by atoms with Crippen LogP contribution in [0.5, 0.6) is 0 Å². The Labute approximate surface area is 88.3 Å². The predicted octanol–water partition coefficient (Wildman–Crippen LogP) is 0.146. The van der Waals surface area contributed by atoms with Crippen molar-refractivity contribution in [2.45, 2.75) is 13.0 Å². The summed E-state index contributed by atoms with van der Waals surface area (Å²) in [6, 6.07) is 5.64. The van der Waals surface area contributed by atoms with Gasteiger partial charge >= 0.3 is 0 Å². The Morgan fingerprint density at radius 3 is 2.93 bits per heavy atom. The topological polar surface area (TPSA) is 66.6 Å². The Balaban J connectivity index is 2.26. The number of hydrogen-bond acceptors (Lipinski definition) is 3. The van der Waals surface area contributed by atoms with Gasteiger partial charge in [-0.25, -0.2) is 0 Å². The summed E-state index contributed by atoms with van der Waals surface area (Å²) < 4.78 is 0. The number of nitrogen functional groups attached to an aromatic ring is 1. The van der Waals surface area contributed by atoms with E-state index in [2.05, 4.69) is 0 Å². The minimum absolute atomic E-state index is 0.00997. The van der Waals surface area contributed by atoms with E-state index in [9.17, 15) is 4.79 Å². The van der Waals surface area contributed by atoms with E-state index in [0.717, 1.165) is 11.1 Å². The zero-order valence-corrected chi connectivity index (χ0v) is 8.44. The number of aliphatic hydroxyl groups excluding tert-OH is 1. The van der Waals surface area contributed by atoms with Gasteiger partial charge in [-0.3, -0.25) is 4.79 Å². The van der Waals surface area contributed by atoms with Crippen molar-refractivity contribution in [2.24, 2.45) is 0 Å². The van der Waals surface area contributed by atoms with Crippen LogP contribution in [0.2, 0.25) is 0 Å². The summed E-state index contributed by atoms with van der Waals surface area (Å²) in [5, 5.41) is 8.81. The van der Waals surface area contributed by atoms with E-state index in [0.29, 0.717) is 25.2 Å². The van der Waals surface area contributed by atoms with Crippen molar-refractivity contribution in [3.63, 3.8) is 0 Å². The molecule has 1 aromatic rings. The molecule has 0 fully saturated rings. The number of nitrogens with two attached hydrogens (primary N) is 1. The van der Waals surface area contributed by atoms with Gasteiger partial charge in [-0.15, -0.1) is 0 Å². The molecule has 0 unspecified atom stereocenters. The molecule has 0 bridgehead atoms. The van der Waals surface area contributed by atoms with Gasteiger partial charge in [0.2, 0.25) is 5.91 Å². The zero-order valence-electron chi connectivity index (χ0n) is 8.44. The van der Waals surface area contributed by atoms with E-state index in [-0.39, 0.29) is 12.5 Å². The number of carbonyl (C=O) groups is 1. The number of anilines is 1. The summed E-state index contributed by atoms with van der Waals surface area (Å²) in [4.78, 5) is 13.3. The van der Waals surface area contributed by atoms with Gasteiger partial charge in [0.25, 0.3) is 0 Å². The van der Waals surface area contributed by atoms with E-state index in [1.54, 1.807) is 4.90 Å². The fraction of sp³-hybridized carbons (Fsp3) is 0.364. The summed E-state index contributed by atoms with van der Waals surface area (Å²) in [5.41, 5.74) is 8.48. The second kappa shape index (κ2) is 3.90. The molecule has 0 saturated carbocycles. The molecule has 0 atom stereocenters. The Hall–Kier alpha value is -1.55. The fourth-order valence-electron chi connectivity index (χ4n) is 1.86. The van der Waals surface area contributed by atoms with E-state index in [1.165, 1.54) is 0 Å². The summed E-state index contributed by atoms with van der Waals surface area (Å²) in [6.07, 6.45) is 0.389. The Kier molecular flexibility index (Phi) is 2.60. The SMILES string of the molecule is Nc1ccc2c(c1)CC(=O)N(CCO)C2. The largest absolute Gasteiger partial charge is 0.399 e. The molecule has 2 rings (SSSR count). The fourth-order valence-corrected chi connectivity index (χ4v) is 1.86. The highest BCUT2D eigenvalue weighted by Gasteiger charge is 2.22. The number of rotatable bonds is 2. The summed E-state index contributed by atoms with van der Waals surface area (Å²) in [6.45, 7) is 0.994. The van der Waals surface area contributed by atoms with Crippen LogP contribution in [0, 0.1) is 0 Å². The first-order chi connectivity index (χ1) is 7.20. The van der Waals surface area contributed by atoms with Crippen molar-refractivity contribution in [2.75, 3.05) is 18.9 Å². The number of benzene rings is 1. The number of amides is 1. The minimum atomic E-state index is 0.00997. The highest BCUT2D eigenvalue weighted by molar-refractivity contribution is 5.81. The van der Waals surface area contributed by atoms with Crippen LogP contribution < -0.4 is 5.73 Å². The second-order valence-corrected chi connectivity index (χ2v) is 3.74. The number of carbonyl (C=O) groups excluding carboxylic acids is 1. The number of fused-ring (bicyclic) bond motifs is 1. The third-order valence-corrected chi connectivity index (χ3v) is 2.66. The van der Waals surface area contributed by atoms with Crippen LogP contribution in [-0.4, -0.2) is 29.1 Å². The molecule has 15 heavy (non-hydrogen) atoms. The molecule has 0 saturated heterocycles. The molecule has 0 radical (unpaired) electrons. The van der Waals surface area contributed by atoms with Crippen molar-refractivity contribution >= 4 is 11.6 Å². The monoisotopic (exact) mass is 206 g/mol. The minimum Gasteiger partial charge on any atom is -0.399 e. The average molecular weight is 206 g/mol. The number of aliphatic hydroxyl groups is 1. The van der Waals surface area contributed by atoms with Crippen LogP contribution in [0.25, 0.3) is 0 Å². The molecule has 1 heterocycles. The van der Waals surface area contributed by atoms with Crippen molar-refractivity contribution < 1.29 is 9.90 Å². The van der Waals surface area contributed by atoms with E-state index < -0.39 is 0 Å². The van der Waals surface area contributed by atoms with Gasteiger partial charge in [0.05, 0.1) is 13.0 Å². The molecule has 4 heteroatoms. The second-order valence-electron chi connectivity index (χ2n) is 3.74. The van der Waals surface area contributed by atoms with Gasteiger partial charge in [0.1, 0.15) is 0 Å². The lowest BCUT2D eigenvalue weighted by Gasteiger charge is -2.28. The number of hydrogen-bond donors (Lipinski definition) is 2. The maximum Gasteiger partial charge on any atom is 0.227 e. The smallest absolute Gasteiger partial charge is 0.227 e. The van der Waals surface area contributed by atoms with Crippen LogP contribution in [0.3, 0.4) is 0 Å². The standard InChI is InChI=1S/C11H14N2O2/c12-10-2-1-8-7-13(3-4-14)11(15)6-9(8)5-10/h1-2,5,14H,3-4,6-7,12H2. The predicted molar refractivity (Wildman–Crippen MR) is 57.1 cm³/mol. The Morgan fingerprint density at radius 2 is 2.20 bits per heavy atom. The van der Waals surface area contributed by atoms with Gasteiger partial charge in [0, 0.05) is 18.8 Å². The van der Waals surface area contributed by atoms with Crippen molar-refractivity contribution in [1.29, 1.82) is 0 Å². The highest BCUT2D eigenvalue weighted by Crippen LogP contribution is 2.21. The van der Waals surface area contributed by atoms with Crippen molar-refractivity contribution in [1.82, 2.24) is 4.90 Å². The lowest BCUT2D eigenvalue weighted by Crippen LogP contribution is -2.37. The average Bonchev–Trinajstić information content (AvgIpc) is 2.20. The molecule has 0 aliphatic carbocycles. The van der Waals surface area contributed by atoms with Crippen molar-refractivity contribution in [3.05, 3.63) is 29.3 Å². The molecule has 1 aromatic carbocycles. The summed E-state index contributed by atoms with van der Waals surface area (Å²) in [5.74, 6) is 0.0575. The molecule has 0 aromatic heterocycles. The summed E-state index contributed by atoms with van der Waals surface area (Å²) >= 11 is 0. The van der Waals surface area contributed by atoms with Gasteiger partial charge in [-0.2, -0.15) is 0 Å². The molecule has 1 aliphatic heterocycles. The first-order valence-corrected chi connectivity index (χ1v) is 4.96. The highest BCUT2D eigenvalue weighted by atomic mass is 16.3. The number of nitrogens with zero attached hydrogens (tertiary/aromatic N) is 1. The van der Waals surface area contributed by atoms with Crippen LogP contribution >= 0.6 is 0 Å². The molecule has 4 nitrogen and oxygen atoms in total. The van der Waals surface area contributed by atoms with Gasteiger partial charge in [-0.05, 0) is 23.3 Å². The quantitative estimate of drug-likeness (QED) is 0.677. The molecule has 1 amide bonds. The van der Waals surface area contributed by atoms with E-state index in [4.69, 9.17) is 10.8 Å². The first kappa shape index (κ1) is 9.98. The van der Waals surface area contributed by atoms with E-state index in [1.807, 2.05) is 18.2 Å². The van der Waals surface area contributed by atoms with Gasteiger partial charge < -0.3 is 15.7 Å². The normalized spacial score (nSPS) is 15.3. The van der Waals surface area contributed by atoms with Crippen LogP contribution in [0.1, 0.15) is 11.1 Å². The molecule has 1 aliphatic rings.